The highest BCUT2D eigenvalue weighted by Crippen LogP contribution is 2.17. The molecule has 0 radical (unpaired) electrons. The van der Waals surface area contributed by atoms with E-state index in [0.717, 1.165) is 6.61 Å². The fraction of sp³-hybridized carbons (Fsp3) is 0.714. The van der Waals surface area contributed by atoms with E-state index < -0.39 is 0 Å². The molecule has 1 fully saturated rings. The van der Waals surface area contributed by atoms with Gasteiger partial charge in [0.05, 0.1) is 6.10 Å². The molecule has 1 atom stereocenters. The van der Waals surface area contributed by atoms with Crippen LogP contribution in [0.4, 0.5) is 0 Å². The molecule has 1 aliphatic heterocycles. The van der Waals surface area contributed by atoms with Crippen LogP contribution in [0, 0.1) is 0 Å². The molecule has 8 heavy (non-hydrogen) atoms. The minimum atomic E-state index is 0.370. The van der Waals surface area contributed by atoms with Crippen molar-refractivity contribution in [1.29, 1.82) is 0 Å². The first-order valence-corrected chi connectivity index (χ1v) is 3.07. The van der Waals surface area contributed by atoms with Gasteiger partial charge in [-0.05, 0) is 19.8 Å². The number of rotatable bonds is 1. The van der Waals surface area contributed by atoms with Crippen molar-refractivity contribution in [2.45, 2.75) is 25.9 Å². The fourth-order valence-corrected chi connectivity index (χ4v) is 0.966. The molecule has 0 aliphatic carbocycles. The van der Waals surface area contributed by atoms with Crippen molar-refractivity contribution in [3.63, 3.8) is 0 Å². The van der Waals surface area contributed by atoms with E-state index in [1.165, 1.54) is 18.4 Å². The van der Waals surface area contributed by atoms with E-state index in [1.807, 2.05) is 6.92 Å². The molecular formula is C7H12O. The molecular weight excluding hydrogens is 100 g/mol. The predicted octanol–water partition coefficient (Wildman–Crippen LogP) is 1.74. The predicted molar refractivity (Wildman–Crippen MR) is 33.8 cm³/mol. The largest absolute Gasteiger partial charge is 0.374 e. The van der Waals surface area contributed by atoms with E-state index in [1.54, 1.807) is 0 Å². The SMILES string of the molecule is C=C(C)C1CCCO1. The van der Waals surface area contributed by atoms with Crippen LogP contribution in [-0.4, -0.2) is 12.7 Å². The maximum absolute atomic E-state index is 5.31. The van der Waals surface area contributed by atoms with Gasteiger partial charge in [-0.25, -0.2) is 0 Å². The van der Waals surface area contributed by atoms with Gasteiger partial charge in [-0.15, -0.1) is 0 Å². The summed E-state index contributed by atoms with van der Waals surface area (Å²) in [5.74, 6) is 0. The molecule has 0 aromatic rings. The first-order chi connectivity index (χ1) is 3.80. The minimum absolute atomic E-state index is 0.370. The Morgan fingerprint density at radius 1 is 1.75 bits per heavy atom. The molecule has 0 aromatic heterocycles. The highest BCUT2D eigenvalue weighted by molar-refractivity contribution is 4.99. The third-order valence-electron chi connectivity index (χ3n) is 1.48. The van der Waals surface area contributed by atoms with E-state index >= 15 is 0 Å². The molecule has 0 amide bonds. The molecule has 0 saturated carbocycles. The molecule has 1 unspecified atom stereocenters. The Morgan fingerprint density at radius 2 is 2.50 bits per heavy atom. The molecule has 0 bridgehead atoms. The fourth-order valence-electron chi connectivity index (χ4n) is 0.966. The number of ether oxygens (including phenoxy) is 1. The van der Waals surface area contributed by atoms with Crippen molar-refractivity contribution in [3.05, 3.63) is 12.2 Å². The zero-order chi connectivity index (χ0) is 5.98. The molecule has 0 aromatic carbocycles. The van der Waals surface area contributed by atoms with E-state index in [0.29, 0.717) is 6.10 Å². The van der Waals surface area contributed by atoms with Gasteiger partial charge in [0.15, 0.2) is 0 Å². The topological polar surface area (TPSA) is 9.23 Å². The highest BCUT2D eigenvalue weighted by Gasteiger charge is 2.14. The summed E-state index contributed by atoms with van der Waals surface area (Å²) in [6.07, 6.45) is 2.75. The summed E-state index contributed by atoms with van der Waals surface area (Å²) in [7, 11) is 0. The van der Waals surface area contributed by atoms with Gasteiger partial charge in [-0.3, -0.25) is 0 Å². The van der Waals surface area contributed by atoms with E-state index in [2.05, 4.69) is 6.58 Å². The lowest BCUT2D eigenvalue weighted by Gasteiger charge is -2.05. The zero-order valence-electron chi connectivity index (χ0n) is 5.31. The van der Waals surface area contributed by atoms with E-state index in [4.69, 9.17) is 4.74 Å². The van der Waals surface area contributed by atoms with E-state index in [-0.39, 0.29) is 0 Å². The summed E-state index contributed by atoms with van der Waals surface area (Å²) in [5, 5.41) is 0. The molecule has 0 spiro atoms. The van der Waals surface area contributed by atoms with Gasteiger partial charge < -0.3 is 4.74 Å². The third kappa shape index (κ3) is 1.10. The lowest BCUT2D eigenvalue weighted by atomic mass is 10.1. The van der Waals surface area contributed by atoms with E-state index in [9.17, 15) is 0 Å². The van der Waals surface area contributed by atoms with Crippen LogP contribution in [0.3, 0.4) is 0 Å². The Labute approximate surface area is 50.3 Å². The summed E-state index contributed by atoms with van der Waals surface area (Å²) in [6, 6.07) is 0. The van der Waals surface area contributed by atoms with Crippen molar-refractivity contribution in [2.24, 2.45) is 0 Å². The molecule has 1 saturated heterocycles. The maximum atomic E-state index is 5.31. The molecule has 1 heteroatoms. The van der Waals surface area contributed by atoms with Gasteiger partial charge >= 0.3 is 0 Å². The van der Waals surface area contributed by atoms with Crippen LogP contribution >= 0.6 is 0 Å². The molecule has 1 aliphatic rings. The second-order valence-corrected chi connectivity index (χ2v) is 2.35. The van der Waals surface area contributed by atoms with Crippen LogP contribution in [0.25, 0.3) is 0 Å². The Balaban J connectivity index is 2.35. The van der Waals surface area contributed by atoms with Crippen LogP contribution in [0.1, 0.15) is 19.8 Å². The summed E-state index contributed by atoms with van der Waals surface area (Å²) >= 11 is 0. The van der Waals surface area contributed by atoms with Crippen LogP contribution in [0.5, 0.6) is 0 Å². The molecule has 1 nitrogen and oxygen atoms in total. The summed E-state index contributed by atoms with van der Waals surface area (Å²) in [5.41, 5.74) is 1.17. The van der Waals surface area contributed by atoms with Crippen molar-refractivity contribution >= 4 is 0 Å². The standard InChI is InChI=1S/C7H12O/c1-6(2)7-4-3-5-8-7/h7H,1,3-5H2,2H3. The van der Waals surface area contributed by atoms with Crippen LogP contribution in [0.2, 0.25) is 0 Å². The highest BCUT2D eigenvalue weighted by atomic mass is 16.5. The lowest BCUT2D eigenvalue weighted by Crippen LogP contribution is -2.04. The average Bonchev–Trinajstić information content (AvgIpc) is 2.12. The van der Waals surface area contributed by atoms with Gasteiger partial charge in [-0.1, -0.05) is 12.2 Å². The first-order valence-electron chi connectivity index (χ1n) is 3.07. The Morgan fingerprint density at radius 3 is 2.75 bits per heavy atom. The molecule has 46 valence electrons. The number of hydrogen-bond donors (Lipinski definition) is 0. The van der Waals surface area contributed by atoms with Crippen molar-refractivity contribution in [1.82, 2.24) is 0 Å². The molecule has 1 heterocycles. The summed E-state index contributed by atoms with van der Waals surface area (Å²) < 4.78 is 5.31. The van der Waals surface area contributed by atoms with Crippen molar-refractivity contribution in [3.8, 4) is 0 Å². The van der Waals surface area contributed by atoms with Crippen LogP contribution in [0.15, 0.2) is 12.2 Å². The zero-order valence-corrected chi connectivity index (χ0v) is 5.31. The second kappa shape index (κ2) is 2.31. The second-order valence-electron chi connectivity index (χ2n) is 2.35. The quantitative estimate of drug-likeness (QED) is 0.469. The molecule has 0 N–H and O–H groups in total. The van der Waals surface area contributed by atoms with Crippen molar-refractivity contribution in [2.75, 3.05) is 6.61 Å². The lowest BCUT2D eigenvalue weighted by molar-refractivity contribution is 0.137. The Hall–Kier alpha value is -0.300. The number of hydrogen-bond acceptors (Lipinski definition) is 1. The van der Waals surface area contributed by atoms with Crippen LogP contribution < -0.4 is 0 Å². The monoisotopic (exact) mass is 112 g/mol. The Bertz CT molecular complexity index is 90.6. The van der Waals surface area contributed by atoms with Crippen LogP contribution in [-0.2, 0) is 4.74 Å². The third-order valence-corrected chi connectivity index (χ3v) is 1.48. The smallest absolute Gasteiger partial charge is 0.0780 e. The van der Waals surface area contributed by atoms with Gasteiger partial charge in [0.25, 0.3) is 0 Å². The van der Waals surface area contributed by atoms with Gasteiger partial charge in [0.2, 0.25) is 0 Å². The Kier molecular flexibility index (Phi) is 1.69. The van der Waals surface area contributed by atoms with Gasteiger partial charge in [0, 0.05) is 6.61 Å². The minimum Gasteiger partial charge on any atom is -0.374 e. The normalized spacial score (nSPS) is 28.4. The average molecular weight is 112 g/mol. The van der Waals surface area contributed by atoms with Gasteiger partial charge in [0.1, 0.15) is 0 Å². The molecule has 1 rings (SSSR count). The van der Waals surface area contributed by atoms with Gasteiger partial charge in [-0.2, -0.15) is 0 Å². The maximum Gasteiger partial charge on any atom is 0.0780 e. The first kappa shape index (κ1) is 5.83. The summed E-state index contributed by atoms with van der Waals surface area (Å²) in [4.78, 5) is 0. The van der Waals surface area contributed by atoms with Crippen molar-refractivity contribution < 1.29 is 4.74 Å². The summed E-state index contributed by atoms with van der Waals surface area (Å²) in [6.45, 7) is 6.76.